The third-order valence-corrected chi connectivity index (χ3v) is 4.20. The number of nitriles is 1. The molecular formula is C12H7ClN2O2S. The molecular weight excluding hydrogens is 272 g/mol. The lowest BCUT2D eigenvalue weighted by molar-refractivity contribution is 0.592. The predicted octanol–water partition coefficient (Wildman–Crippen LogP) is 2.44. The molecule has 90 valence electrons. The molecule has 0 aliphatic rings. The fourth-order valence-corrected chi connectivity index (χ4v) is 2.64. The van der Waals surface area contributed by atoms with Crippen LogP contribution in [0.25, 0.3) is 0 Å². The number of sulfone groups is 1. The molecule has 0 radical (unpaired) electrons. The Labute approximate surface area is 109 Å². The highest BCUT2D eigenvalue weighted by molar-refractivity contribution is 7.91. The van der Waals surface area contributed by atoms with Crippen molar-refractivity contribution in [2.45, 2.75) is 9.92 Å². The Balaban J connectivity index is 2.48. The molecule has 1 aromatic heterocycles. The van der Waals surface area contributed by atoms with Gasteiger partial charge in [0.05, 0.1) is 10.5 Å². The highest BCUT2D eigenvalue weighted by atomic mass is 35.5. The molecule has 0 spiro atoms. The van der Waals surface area contributed by atoms with Gasteiger partial charge < -0.3 is 0 Å². The van der Waals surface area contributed by atoms with Crippen molar-refractivity contribution in [1.82, 2.24) is 4.98 Å². The number of rotatable bonds is 2. The number of nitrogens with zero attached hydrogens (tertiary/aromatic N) is 2. The zero-order chi connectivity index (χ0) is 13.2. The fourth-order valence-electron chi connectivity index (χ4n) is 1.34. The zero-order valence-corrected chi connectivity index (χ0v) is 10.6. The second kappa shape index (κ2) is 4.77. The van der Waals surface area contributed by atoms with E-state index in [4.69, 9.17) is 16.9 Å². The molecule has 0 bridgehead atoms. The van der Waals surface area contributed by atoms with Crippen LogP contribution in [-0.2, 0) is 9.84 Å². The molecule has 1 heterocycles. The van der Waals surface area contributed by atoms with E-state index in [-0.39, 0.29) is 9.92 Å². The van der Waals surface area contributed by atoms with Crippen LogP contribution in [0.2, 0.25) is 5.02 Å². The maximum absolute atomic E-state index is 12.2. The van der Waals surface area contributed by atoms with Crippen LogP contribution in [0, 0.1) is 11.3 Å². The first-order valence-electron chi connectivity index (χ1n) is 4.91. The minimum Gasteiger partial charge on any atom is -0.243 e. The van der Waals surface area contributed by atoms with Crippen molar-refractivity contribution in [3.8, 4) is 6.07 Å². The summed E-state index contributed by atoms with van der Waals surface area (Å²) in [4.78, 5) is 3.89. The SMILES string of the molecule is N#Cc1ccc(S(=O)(=O)c2ccc(Cl)cc2)nc1. The average molecular weight is 279 g/mol. The van der Waals surface area contributed by atoms with Gasteiger partial charge in [-0.15, -0.1) is 0 Å². The lowest BCUT2D eigenvalue weighted by Crippen LogP contribution is -2.04. The van der Waals surface area contributed by atoms with E-state index in [0.717, 1.165) is 0 Å². The molecule has 0 aliphatic carbocycles. The summed E-state index contributed by atoms with van der Waals surface area (Å²) in [6.07, 6.45) is 1.23. The van der Waals surface area contributed by atoms with Crippen LogP contribution < -0.4 is 0 Å². The van der Waals surface area contributed by atoms with E-state index < -0.39 is 9.84 Å². The highest BCUT2D eigenvalue weighted by Gasteiger charge is 2.18. The van der Waals surface area contributed by atoms with Crippen LogP contribution in [0.1, 0.15) is 5.56 Å². The van der Waals surface area contributed by atoms with E-state index in [9.17, 15) is 8.42 Å². The molecule has 1 aromatic carbocycles. The Morgan fingerprint density at radius 3 is 2.28 bits per heavy atom. The smallest absolute Gasteiger partial charge is 0.223 e. The van der Waals surface area contributed by atoms with E-state index in [1.807, 2.05) is 6.07 Å². The molecule has 0 aliphatic heterocycles. The Kier molecular flexibility index (Phi) is 3.32. The van der Waals surface area contributed by atoms with Gasteiger partial charge in [0.2, 0.25) is 9.84 Å². The minimum atomic E-state index is -3.66. The lowest BCUT2D eigenvalue weighted by atomic mass is 10.3. The van der Waals surface area contributed by atoms with Gasteiger partial charge in [-0.1, -0.05) is 11.6 Å². The number of benzene rings is 1. The zero-order valence-electron chi connectivity index (χ0n) is 9.04. The van der Waals surface area contributed by atoms with Crippen LogP contribution >= 0.6 is 11.6 Å². The predicted molar refractivity (Wildman–Crippen MR) is 65.9 cm³/mol. The third kappa shape index (κ3) is 2.35. The Morgan fingerprint density at radius 1 is 1.11 bits per heavy atom. The summed E-state index contributed by atoms with van der Waals surface area (Å²) in [5, 5.41) is 8.99. The fraction of sp³-hybridized carbons (Fsp3) is 0. The molecule has 0 saturated carbocycles. The van der Waals surface area contributed by atoms with Gasteiger partial charge in [0.25, 0.3) is 0 Å². The second-order valence-electron chi connectivity index (χ2n) is 3.45. The topological polar surface area (TPSA) is 70.8 Å². The average Bonchev–Trinajstić information content (AvgIpc) is 2.39. The minimum absolute atomic E-state index is 0.0937. The van der Waals surface area contributed by atoms with Crippen LogP contribution in [0.3, 0.4) is 0 Å². The third-order valence-electron chi connectivity index (χ3n) is 2.26. The first kappa shape index (κ1) is 12.6. The van der Waals surface area contributed by atoms with Gasteiger partial charge in [-0.3, -0.25) is 0 Å². The van der Waals surface area contributed by atoms with Crippen molar-refractivity contribution < 1.29 is 8.42 Å². The summed E-state index contributed by atoms with van der Waals surface area (Å²) in [5.74, 6) is 0. The van der Waals surface area contributed by atoms with Crippen LogP contribution in [0.5, 0.6) is 0 Å². The number of pyridine rings is 1. The Morgan fingerprint density at radius 2 is 1.78 bits per heavy atom. The molecule has 6 heteroatoms. The first-order chi connectivity index (χ1) is 8.54. The molecule has 0 N–H and O–H groups in total. The van der Waals surface area contributed by atoms with Gasteiger partial charge in [0.15, 0.2) is 5.03 Å². The molecule has 0 unspecified atom stereocenters. The second-order valence-corrected chi connectivity index (χ2v) is 5.79. The van der Waals surface area contributed by atoms with E-state index in [1.54, 1.807) is 0 Å². The van der Waals surface area contributed by atoms with Gasteiger partial charge in [0.1, 0.15) is 6.07 Å². The normalized spacial score (nSPS) is 10.9. The molecule has 2 aromatic rings. The molecule has 18 heavy (non-hydrogen) atoms. The summed E-state index contributed by atoms with van der Waals surface area (Å²) in [7, 11) is -3.66. The first-order valence-corrected chi connectivity index (χ1v) is 6.77. The van der Waals surface area contributed by atoms with E-state index in [1.165, 1.54) is 42.6 Å². The highest BCUT2D eigenvalue weighted by Crippen LogP contribution is 2.20. The van der Waals surface area contributed by atoms with Crippen molar-refractivity contribution >= 4 is 21.4 Å². The molecule has 0 atom stereocenters. The molecule has 0 fully saturated rings. The van der Waals surface area contributed by atoms with Crippen molar-refractivity contribution in [2.75, 3.05) is 0 Å². The summed E-state index contributed by atoms with van der Waals surface area (Å²) >= 11 is 5.70. The van der Waals surface area contributed by atoms with Gasteiger partial charge in [0, 0.05) is 11.2 Å². The quantitative estimate of drug-likeness (QED) is 0.846. The molecule has 0 amide bonds. The van der Waals surface area contributed by atoms with Crippen LogP contribution in [0.4, 0.5) is 0 Å². The van der Waals surface area contributed by atoms with Crippen LogP contribution in [-0.4, -0.2) is 13.4 Å². The monoisotopic (exact) mass is 278 g/mol. The number of aromatic nitrogens is 1. The molecule has 4 nitrogen and oxygen atoms in total. The van der Waals surface area contributed by atoms with E-state index in [0.29, 0.717) is 10.6 Å². The van der Waals surface area contributed by atoms with Crippen molar-refractivity contribution in [1.29, 1.82) is 5.26 Å². The maximum Gasteiger partial charge on any atom is 0.223 e. The molecule has 2 rings (SSSR count). The number of halogens is 1. The Hall–Kier alpha value is -1.90. The van der Waals surface area contributed by atoms with Crippen molar-refractivity contribution in [3.63, 3.8) is 0 Å². The van der Waals surface area contributed by atoms with E-state index in [2.05, 4.69) is 4.98 Å². The number of hydrogen-bond acceptors (Lipinski definition) is 4. The van der Waals surface area contributed by atoms with Crippen LogP contribution in [0.15, 0.2) is 52.5 Å². The van der Waals surface area contributed by atoms with Crippen molar-refractivity contribution in [2.24, 2.45) is 0 Å². The van der Waals surface area contributed by atoms with E-state index >= 15 is 0 Å². The summed E-state index contributed by atoms with van der Waals surface area (Å²) in [6, 6.07) is 10.4. The van der Waals surface area contributed by atoms with Gasteiger partial charge in [-0.25, -0.2) is 13.4 Å². The maximum atomic E-state index is 12.2. The van der Waals surface area contributed by atoms with Gasteiger partial charge in [-0.2, -0.15) is 5.26 Å². The van der Waals surface area contributed by atoms with Gasteiger partial charge in [-0.05, 0) is 36.4 Å². The van der Waals surface area contributed by atoms with Crippen molar-refractivity contribution in [3.05, 3.63) is 53.2 Å². The Bertz CT molecular complexity index is 701. The summed E-state index contributed by atoms with van der Waals surface area (Å²) < 4.78 is 24.3. The molecule has 0 saturated heterocycles. The summed E-state index contributed by atoms with van der Waals surface area (Å²) in [6.45, 7) is 0. The number of hydrogen-bond donors (Lipinski definition) is 0. The van der Waals surface area contributed by atoms with Gasteiger partial charge >= 0.3 is 0 Å². The largest absolute Gasteiger partial charge is 0.243 e. The summed E-state index contributed by atoms with van der Waals surface area (Å²) in [5.41, 5.74) is 0.310. The lowest BCUT2D eigenvalue weighted by Gasteiger charge is -2.03. The standard InChI is InChI=1S/C12H7ClN2O2S/c13-10-2-4-11(5-3-10)18(16,17)12-6-1-9(7-14)8-15-12/h1-6,8H.